The molecule has 6 nitrogen and oxygen atoms in total. The van der Waals surface area contributed by atoms with Gasteiger partial charge in [0.1, 0.15) is 5.60 Å². The smallest absolute Gasteiger partial charge is 0.308 e. The van der Waals surface area contributed by atoms with Crippen LogP contribution in [-0.2, 0) is 9.22 Å². The Morgan fingerprint density at radius 3 is 2.44 bits per heavy atom. The summed E-state index contributed by atoms with van der Waals surface area (Å²) >= 11 is 6.32. The minimum atomic E-state index is -1.89. The Kier molecular flexibility index (Phi) is 8.57. The number of carbonyl (C=O) groups is 2. The highest BCUT2D eigenvalue weighted by atomic mass is 35.5. The van der Waals surface area contributed by atoms with E-state index in [1.807, 2.05) is 0 Å². The van der Waals surface area contributed by atoms with Crippen molar-refractivity contribution in [3.8, 4) is 17.6 Å². The summed E-state index contributed by atoms with van der Waals surface area (Å²) in [5.74, 6) is 4.96. The van der Waals surface area contributed by atoms with Crippen LogP contribution in [0.15, 0.2) is 12.1 Å². The molecule has 0 atom stereocenters. The van der Waals surface area contributed by atoms with Crippen molar-refractivity contribution in [2.75, 3.05) is 13.2 Å². The van der Waals surface area contributed by atoms with Crippen LogP contribution in [0.1, 0.15) is 69.3 Å². The summed E-state index contributed by atoms with van der Waals surface area (Å²) in [6.07, 6.45) is 2.99. The molecule has 8 heteroatoms. The molecule has 1 aliphatic carbocycles. The molecule has 32 heavy (non-hydrogen) atoms. The molecule has 0 bridgehead atoms. The molecule has 0 heterocycles. The van der Waals surface area contributed by atoms with Gasteiger partial charge in [0.05, 0.1) is 17.2 Å². The van der Waals surface area contributed by atoms with Gasteiger partial charge in [0, 0.05) is 19.0 Å². The van der Waals surface area contributed by atoms with Crippen LogP contribution in [0.25, 0.3) is 0 Å². The standard InChI is InChI=1S/C24H34ClNO5Si/c1-17(27)31-21-18(9-12-24(29)10-7-8-11-24)15-19(16-20(21)25)22(28)26-13-14-30-32(5,6)23(2,3)4/h15-16,29H,7-8,10-11,13-14H2,1-6H3,(H,26,28). The van der Waals surface area contributed by atoms with E-state index < -0.39 is 19.9 Å². The largest absolute Gasteiger partial charge is 0.424 e. The molecule has 0 spiro atoms. The molecule has 0 unspecified atom stereocenters. The van der Waals surface area contributed by atoms with Crippen LogP contribution >= 0.6 is 11.6 Å². The first kappa shape index (κ1) is 26.4. The topological polar surface area (TPSA) is 84.9 Å². The molecule has 0 aliphatic heterocycles. The van der Waals surface area contributed by atoms with Crippen LogP contribution in [0.2, 0.25) is 23.2 Å². The van der Waals surface area contributed by atoms with E-state index >= 15 is 0 Å². The van der Waals surface area contributed by atoms with Crippen molar-refractivity contribution in [2.24, 2.45) is 0 Å². The van der Waals surface area contributed by atoms with Crippen molar-refractivity contribution in [2.45, 2.75) is 77.1 Å². The fourth-order valence-electron chi connectivity index (χ4n) is 3.12. The minimum absolute atomic E-state index is 0.0890. The zero-order valence-corrected chi connectivity index (χ0v) is 21.6. The Morgan fingerprint density at radius 1 is 1.25 bits per heavy atom. The Balaban J connectivity index is 2.17. The molecule has 2 N–H and O–H groups in total. The van der Waals surface area contributed by atoms with E-state index in [0.717, 1.165) is 12.8 Å². The summed E-state index contributed by atoms with van der Waals surface area (Å²) in [6, 6.07) is 2.97. The number of esters is 1. The number of hydrogen-bond acceptors (Lipinski definition) is 5. The molecule has 1 saturated carbocycles. The summed E-state index contributed by atoms with van der Waals surface area (Å²) < 4.78 is 11.3. The SMILES string of the molecule is CC(=O)Oc1c(Cl)cc(C(=O)NCCO[Si](C)(C)C(C)(C)C)cc1C#CC1(O)CCCC1. The lowest BCUT2D eigenvalue weighted by molar-refractivity contribution is -0.131. The Bertz CT molecular complexity index is 921. The summed E-state index contributed by atoms with van der Waals surface area (Å²) in [4.78, 5) is 24.2. The van der Waals surface area contributed by atoms with Gasteiger partial charge in [-0.05, 0) is 55.9 Å². The maximum atomic E-state index is 12.7. The molecule has 1 aliphatic rings. The van der Waals surface area contributed by atoms with E-state index in [1.165, 1.54) is 19.1 Å². The average Bonchev–Trinajstić information content (AvgIpc) is 3.11. The second-order valence-electron chi connectivity index (χ2n) is 9.78. The molecule has 1 fully saturated rings. The number of carbonyl (C=O) groups excluding carboxylic acids is 2. The molecule has 0 radical (unpaired) electrons. The lowest BCUT2D eigenvalue weighted by atomic mass is 10.0. The monoisotopic (exact) mass is 479 g/mol. The van der Waals surface area contributed by atoms with Gasteiger partial charge in [0.25, 0.3) is 5.91 Å². The normalized spacial score (nSPS) is 15.6. The highest BCUT2D eigenvalue weighted by Crippen LogP contribution is 2.36. The second kappa shape index (κ2) is 10.4. The number of aliphatic hydroxyl groups is 1. The molecule has 2 rings (SSSR count). The quantitative estimate of drug-likeness (QED) is 0.203. The lowest BCUT2D eigenvalue weighted by Gasteiger charge is -2.36. The zero-order valence-electron chi connectivity index (χ0n) is 19.9. The van der Waals surface area contributed by atoms with Crippen molar-refractivity contribution in [3.05, 3.63) is 28.3 Å². The van der Waals surface area contributed by atoms with E-state index in [4.69, 9.17) is 20.8 Å². The van der Waals surface area contributed by atoms with Crippen molar-refractivity contribution in [3.63, 3.8) is 0 Å². The van der Waals surface area contributed by atoms with Gasteiger partial charge < -0.3 is 19.6 Å². The van der Waals surface area contributed by atoms with Gasteiger partial charge >= 0.3 is 5.97 Å². The van der Waals surface area contributed by atoms with Crippen molar-refractivity contribution >= 4 is 31.8 Å². The molecule has 176 valence electrons. The van der Waals surface area contributed by atoms with Crippen LogP contribution < -0.4 is 10.1 Å². The van der Waals surface area contributed by atoms with E-state index in [0.29, 0.717) is 31.6 Å². The molecule has 1 aromatic carbocycles. The minimum Gasteiger partial charge on any atom is -0.424 e. The highest BCUT2D eigenvalue weighted by molar-refractivity contribution is 6.74. The average molecular weight is 480 g/mol. The summed E-state index contributed by atoms with van der Waals surface area (Å²) in [6.45, 7) is 12.8. The Hall–Kier alpha value is -1.85. The van der Waals surface area contributed by atoms with E-state index in [9.17, 15) is 14.7 Å². The van der Waals surface area contributed by atoms with Crippen molar-refractivity contribution < 1.29 is 23.9 Å². The number of hydrogen-bond donors (Lipinski definition) is 2. The maximum absolute atomic E-state index is 12.7. The van der Waals surface area contributed by atoms with Crippen LogP contribution in [0.5, 0.6) is 5.75 Å². The van der Waals surface area contributed by atoms with Gasteiger partial charge in [-0.25, -0.2) is 0 Å². The number of halogens is 1. The first-order chi connectivity index (χ1) is 14.7. The lowest BCUT2D eigenvalue weighted by Crippen LogP contribution is -2.42. The van der Waals surface area contributed by atoms with Gasteiger partial charge in [0.2, 0.25) is 0 Å². The van der Waals surface area contributed by atoms with Crippen LogP contribution in [-0.4, -0.2) is 44.1 Å². The summed E-state index contributed by atoms with van der Waals surface area (Å²) in [5, 5.41) is 13.6. The number of nitrogens with one attached hydrogen (secondary N) is 1. The van der Waals surface area contributed by atoms with Gasteiger partial charge in [-0.15, -0.1) is 0 Å². The second-order valence-corrected chi connectivity index (χ2v) is 15.0. The zero-order chi connectivity index (χ0) is 24.2. The highest BCUT2D eigenvalue weighted by Gasteiger charge is 2.36. The van der Waals surface area contributed by atoms with E-state index in [2.05, 4.69) is 51.0 Å². The third-order valence-corrected chi connectivity index (χ3v) is 10.9. The molecule has 1 aromatic rings. The van der Waals surface area contributed by atoms with Crippen LogP contribution in [0.3, 0.4) is 0 Å². The molecular formula is C24H34ClNO5Si. The first-order valence-electron chi connectivity index (χ1n) is 10.9. The van der Waals surface area contributed by atoms with Gasteiger partial charge in [-0.1, -0.05) is 44.2 Å². The molecule has 0 aromatic heterocycles. The van der Waals surface area contributed by atoms with E-state index in [-0.39, 0.29) is 27.3 Å². The third kappa shape index (κ3) is 7.07. The number of benzene rings is 1. The maximum Gasteiger partial charge on any atom is 0.308 e. The number of amides is 1. The van der Waals surface area contributed by atoms with Gasteiger partial charge in [-0.3, -0.25) is 9.59 Å². The Labute approximate surface area is 197 Å². The third-order valence-electron chi connectivity index (χ3n) is 6.07. The molecule has 1 amide bonds. The van der Waals surface area contributed by atoms with Gasteiger partial charge in [-0.2, -0.15) is 0 Å². The van der Waals surface area contributed by atoms with E-state index in [1.54, 1.807) is 0 Å². The van der Waals surface area contributed by atoms with Crippen molar-refractivity contribution in [1.82, 2.24) is 5.32 Å². The predicted octanol–water partition coefficient (Wildman–Crippen LogP) is 4.67. The van der Waals surface area contributed by atoms with Gasteiger partial charge in [0.15, 0.2) is 14.1 Å². The fraction of sp³-hybridized carbons (Fsp3) is 0.583. The van der Waals surface area contributed by atoms with Crippen molar-refractivity contribution in [1.29, 1.82) is 0 Å². The summed E-state index contributed by atoms with van der Waals surface area (Å²) in [5.41, 5.74) is -0.490. The van der Waals surface area contributed by atoms with Crippen LogP contribution in [0, 0.1) is 11.8 Å². The summed E-state index contributed by atoms with van der Waals surface area (Å²) in [7, 11) is -1.89. The first-order valence-corrected chi connectivity index (χ1v) is 14.2. The molecule has 0 saturated heterocycles. The molecular weight excluding hydrogens is 446 g/mol. The Morgan fingerprint density at radius 2 is 1.88 bits per heavy atom. The van der Waals surface area contributed by atoms with Crippen LogP contribution in [0.4, 0.5) is 0 Å². The number of ether oxygens (including phenoxy) is 1. The predicted molar refractivity (Wildman–Crippen MR) is 129 cm³/mol. The number of rotatable bonds is 6. The fourth-order valence-corrected chi connectivity index (χ4v) is 4.43.